The van der Waals surface area contributed by atoms with Crippen LogP contribution in [0.25, 0.3) is 11.3 Å². The van der Waals surface area contributed by atoms with Gasteiger partial charge in [-0.05, 0) is 110 Å². The topological polar surface area (TPSA) is 96.7 Å². The molecular formula is C46H48N4O6. The lowest BCUT2D eigenvalue weighted by Crippen LogP contribution is -2.52. The fraction of sp³-hybridized carbons (Fsp3) is 0.348. The molecule has 1 N–H and O–H groups in total. The Hall–Kier alpha value is -5.58. The molecule has 0 spiro atoms. The van der Waals surface area contributed by atoms with Gasteiger partial charge in [0.2, 0.25) is 6.79 Å². The minimum absolute atomic E-state index is 0.0316. The lowest BCUT2D eigenvalue weighted by atomic mass is 9.92. The zero-order chi connectivity index (χ0) is 38.3. The number of phenolic OH excluding ortho intramolecular Hbond substituents is 1. The molecule has 1 aromatic heterocycles. The van der Waals surface area contributed by atoms with Gasteiger partial charge in [0.1, 0.15) is 5.75 Å². The van der Waals surface area contributed by atoms with E-state index in [1.807, 2.05) is 40.1 Å². The average Bonchev–Trinajstić information content (AvgIpc) is 3.85. The molecule has 0 saturated carbocycles. The molecule has 1 fully saturated rings. The number of ether oxygens (including phenoxy) is 3. The minimum Gasteiger partial charge on any atom is -0.508 e. The lowest BCUT2D eigenvalue weighted by molar-refractivity contribution is 0.0193. The number of hydrogen-bond donors (Lipinski definition) is 1. The van der Waals surface area contributed by atoms with Crippen molar-refractivity contribution in [2.24, 2.45) is 0 Å². The Labute approximate surface area is 327 Å². The number of carbonyl (C=O) groups is 2. The smallest absolute Gasteiger partial charge is 0.260 e. The standard InChI is InChI=1S/C46H48N4O6/c1-30-8-7-9-31(2)40(30)28-50(34-13-15-36(51)16-14-34)46(53)39-23-42(48-17-6-5-12-41(39)48)37-24-43-44(56-29-55-43)25-38(37)45(52)49-26-33-11-4-3-10-32(33)22-35(49)27-47-18-20-54-21-19-47/h3-4,7-11,13-16,23-25,35,51H,5-6,12,17-22,26-29H2,1-2H3. The third kappa shape index (κ3) is 6.81. The van der Waals surface area contributed by atoms with Crippen LogP contribution in [0.4, 0.5) is 5.69 Å². The van der Waals surface area contributed by atoms with Crippen LogP contribution in [0, 0.1) is 13.8 Å². The zero-order valence-corrected chi connectivity index (χ0v) is 32.1. The van der Waals surface area contributed by atoms with Crippen LogP contribution in [0.15, 0.2) is 84.9 Å². The van der Waals surface area contributed by atoms with Gasteiger partial charge in [0, 0.05) is 61.4 Å². The van der Waals surface area contributed by atoms with E-state index in [0.29, 0.717) is 54.6 Å². The first-order chi connectivity index (χ1) is 27.3. The summed E-state index contributed by atoms with van der Waals surface area (Å²) in [7, 11) is 0. The number of anilines is 1. The minimum atomic E-state index is -0.123. The van der Waals surface area contributed by atoms with Crippen molar-refractivity contribution in [3.63, 3.8) is 0 Å². The normalized spacial score (nSPS) is 17.7. The monoisotopic (exact) mass is 752 g/mol. The fourth-order valence-electron chi connectivity index (χ4n) is 8.95. The van der Waals surface area contributed by atoms with E-state index in [0.717, 1.165) is 91.1 Å². The molecular weight excluding hydrogens is 705 g/mol. The molecule has 1 atom stereocenters. The third-order valence-corrected chi connectivity index (χ3v) is 12.1. The van der Waals surface area contributed by atoms with Gasteiger partial charge >= 0.3 is 0 Å². The van der Waals surface area contributed by atoms with Crippen LogP contribution < -0.4 is 14.4 Å². The van der Waals surface area contributed by atoms with Crippen LogP contribution in [0.3, 0.4) is 0 Å². The highest BCUT2D eigenvalue weighted by molar-refractivity contribution is 6.09. The second kappa shape index (κ2) is 15.2. The van der Waals surface area contributed by atoms with Gasteiger partial charge in [0.15, 0.2) is 11.5 Å². The highest BCUT2D eigenvalue weighted by Crippen LogP contribution is 2.42. The predicted molar refractivity (Wildman–Crippen MR) is 215 cm³/mol. The molecule has 5 heterocycles. The van der Waals surface area contributed by atoms with Crippen molar-refractivity contribution < 1.29 is 28.9 Å². The van der Waals surface area contributed by atoms with Gasteiger partial charge in [0.25, 0.3) is 11.8 Å². The first-order valence-electron chi connectivity index (χ1n) is 19.8. The number of hydrogen-bond acceptors (Lipinski definition) is 7. The van der Waals surface area contributed by atoms with E-state index in [1.165, 1.54) is 5.56 Å². The number of aromatic hydroxyl groups is 1. The first-order valence-corrected chi connectivity index (χ1v) is 19.8. The highest BCUT2D eigenvalue weighted by Gasteiger charge is 2.36. The Morgan fingerprint density at radius 3 is 2.32 bits per heavy atom. The third-order valence-electron chi connectivity index (χ3n) is 12.1. The number of fused-ring (bicyclic) bond motifs is 3. The molecule has 5 aromatic rings. The van der Waals surface area contributed by atoms with E-state index in [2.05, 4.69) is 53.6 Å². The number of carbonyl (C=O) groups excluding carboxylic acids is 2. The Kier molecular flexibility index (Phi) is 9.77. The molecule has 56 heavy (non-hydrogen) atoms. The lowest BCUT2D eigenvalue weighted by Gasteiger charge is -2.40. The van der Waals surface area contributed by atoms with Crippen LogP contribution >= 0.6 is 0 Å². The summed E-state index contributed by atoms with van der Waals surface area (Å²) in [5.74, 6) is 1.09. The number of aromatic nitrogens is 1. The second-order valence-electron chi connectivity index (χ2n) is 15.5. The molecule has 10 heteroatoms. The number of rotatable bonds is 8. The Bertz CT molecular complexity index is 2270. The van der Waals surface area contributed by atoms with Crippen molar-refractivity contribution in [1.82, 2.24) is 14.4 Å². The van der Waals surface area contributed by atoms with E-state index in [9.17, 15) is 5.11 Å². The highest BCUT2D eigenvalue weighted by atomic mass is 16.7. The summed E-state index contributed by atoms with van der Waals surface area (Å²) in [5.41, 5.74) is 10.1. The van der Waals surface area contributed by atoms with Crippen molar-refractivity contribution in [2.45, 2.75) is 65.2 Å². The maximum absolute atomic E-state index is 15.2. The molecule has 4 aliphatic rings. The summed E-state index contributed by atoms with van der Waals surface area (Å²) in [4.78, 5) is 36.6. The van der Waals surface area contributed by atoms with Gasteiger partial charge in [-0.15, -0.1) is 0 Å². The van der Waals surface area contributed by atoms with Crippen LogP contribution in [-0.4, -0.2) is 77.0 Å². The summed E-state index contributed by atoms with van der Waals surface area (Å²) in [6, 6.07) is 27.2. The quantitative estimate of drug-likeness (QED) is 0.178. The Morgan fingerprint density at radius 2 is 1.55 bits per heavy atom. The molecule has 4 aliphatic heterocycles. The van der Waals surface area contributed by atoms with Crippen molar-refractivity contribution in [3.8, 4) is 28.5 Å². The van der Waals surface area contributed by atoms with Crippen LogP contribution in [0.1, 0.15) is 67.1 Å². The Morgan fingerprint density at radius 1 is 0.821 bits per heavy atom. The molecule has 0 radical (unpaired) electrons. The predicted octanol–water partition coefficient (Wildman–Crippen LogP) is 7.29. The molecule has 4 aromatic carbocycles. The molecule has 10 nitrogen and oxygen atoms in total. The molecule has 2 amide bonds. The number of phenols is 1. The summed E-state index contributed by atoms with van der Waals surface area (Å²) in [6.45, 7) is 9.67. The van der Waals surface area contributed by atoms with Crippen molar-refractivity contribution in [3.05, 3.63) is 130 Å². The maximum atomic E-state index is 15.2. The summed E-state index contributed by atoms with van der Waals surface area (Å²) in [5, 5.41) is 10.2. The molecule has 288 valence electrons. The van der Waals surface area contributed by atoms with Gasteiger partial charge in [-0.2, -0.15) is 0 Å². The largest absolute Gasteiger partial charge is 0.508 e. The molecule has 9 rings (SSSR count). The first kappa shape index (κ1) is 36.1. The van der Waals surface area contributed by atoms with Gasteiger partial charge < -0.3 is 33.7 Å². The van der Waals surface area contributed by atoms with Crippen LogP contribution in [-0.2, 0) is 37.2 Å². The van der Waals surface area contributed by atoms with E-state index < -0.39 is 0 Å². The van der Waals surface area contributed by atoms with E-state index in [1.54, 1.807) is 24.3 Å². The SMILES string of the molecule is Cc1cccc(C)c1CN(C(=O)c1cc(-c2cc3c(cc2C(=O)N2Cc4ccccc4CC2CN2CCOCC2)OCO3)n2c1CCCC2)c1ccc(O)cc1. The summed E-state index contributed by atoms with van der Waals surface area (Å²) < 4.78 is 19.7. The number of aryl methyl sites for hydroxylation is 2. The number of benzene rings is 4. The molecule has 0 bridgehead atoms. The fourth-order valence-corrected chi connectivity index (χ4v) is 8.95. The van der Waals surface area contributed by atoms with Gasteiger partial charge in [0.05, 0.1) is 30.9 Å². The Balaban J connectivity index is 1.14. The zero-order valence-electron chi connectivity index (χ0n) is 32.1. The van der Waals surface area contributed by atoms with E-state index in [4.69, 9.17) is 14.2 Å². The number of morpholine rings is 1. The van der Waals surface area contributed by atoms with Crippen molar-refractivity contribution >= 4 is 17.5 Å². The molecule has 0 aliphatic carbocycles. The van der Waals surface area contributed by atoms with Crippen LogP contribution in [0.5, 0.6) is 17.2 Å². The second-order valence-corrected chi connectivity index (χ2v) is 15.5. The van der Waals surface area contributed by atoms with Gasteiger partial charge in [-0.3, -0.25) is 14.5 Å². The molecule has 1 saturated heterocycles. The summed E-state index contributed by atoms with van der Waals surface area (Å²) >= 11 is 0. The molecule has 1 unspecified atom stereocenters. The number of amides is 2. The van der Waals surface area contributed by atoms with Gasteiger partial charge in [-0.25, -0.2) is 0 Å². The van der Waals surface area contributed by atoms with E-state index in [-0.39, 0.29) is 30.4 Å². The van der Waals surface area contributed by atoms with Gasteiger partial charge in [-0.1, -0.05) is 42.5 Å². The van der Waals surface area contributed by atoms with Crippen LogP contribution in [0.2, 0.25) is 0 Å². The summed E-state index contributed by atoms with van der Waals surface area (Å²) in [6.07, 6.45) is 3.44. The number of nitrogens with zero attached hydrogens (tertiary/aromatic N) is 4. The maximum Gasteiger partial charge on any atom is 0.260 e. The van der Waals surface area contributed by atoms with Crippen molar-refractivity contribution in [2.75, 3.05) is 44.5 Å². The van der Waals surface area contributed by atoms with E-state index >= 15 is 9.59 Å². The van der Waals surface area contributed by atoms with Crippen molar-refractivity contribution in [1.29, 1.82) is 0 Å². The average molecular weight is 753 g/mol.